The number of halogens is 1. The summed E-state index contributed by atoms with van der Waals surface area (Å²) in [5.41, 5.74) is 6.04. The highest BCUT2D eigenvalue weighted by Gasteiger charge is 2.31. The lowest BCUT2D eigenvalue weighted by Crippen LogP contribution is -2.54. The summed E-state index contributed by atoms with van der Waals surface area (Å²) >= 11 is 0. The van der Waals surface area contributed by atoms with Gasteiger partial charge in [0.25, 0.3) is 0 Å². The van der Waals surface area contributed by atoms with Crippen LogP contribution in [0.25, 0.3) is 0 Å². The lowest BCUT2D eigenvalue weighted by Gasteiger charge is -2.40. The van der Waals surface area contributed by atoms with Crippen LogP contribution in [-0.4, -0.2) is 54.0 Å². The Balaban J connectivity index is 0.00000180. The molecule has 2 aliphatic rings. The number of nitrogens with zero attached hydrogens (tertiary/aromatic N) is 2. The minimum atomic E-state index is 0. The number of nitrogens with two attached hydrogens (primary N) is 1. The zero-order valence-electron chi connectivity index (χ0n) is 12.2. The fraction of sp³-hybridized carbons (Fsp3) is 0.929. The van der Waals surface area contributed by atoms with Crippen molar-refractivity contribution in [3.8, 4) is 0 Å². The molecule has 2 saturated heterocycles. The van der Waals surface area contributed by atoms with Crippen molar-refractivity contribution in [1.29, 1.82) is 0 Å². The molecular weight excluding hydrogens is 262 g/mol. The number of rotatable bonds is 2. The summed E-state index contributed by atoms with van der Waals surface area (Å²) in [6.45, 7) is 8.07. The van der Waals surface area contributed by atoms with Crippen LogP contribution in [0.1, 0.15) is 39.5 Å². The Kier molecular flexibility index (Phi) is 6.57. The van der Waals surface area contributed by atoms with Crippen LogP contribution in [0.3, 0.4) is 0 Å². The van der Waals surface area contributed by atoms with Crippen LogP contribution in [0.4, 0.5) is 0 Å². The van der Waals surface area contributed by atoms with Crippen molar-refractivity contribution in [3.05, 3.63) is 0 Å². The molecule has 5 heteroatoms. The number of carbonyl (C=O) groups is 1. The Morgan fingerprint density at radius 1 is 1.21 bits per heavy atom. The summed E-state index contributed by atoms with van der Waals surface area (Å²) in [5, 5.41) is 0. The highest BCUT2D eigenvalue weighted by Crippen LogP contribution is 2.19. The monoisotopic (exact) mass is 289 g/mol. The topological polar surface area (TPSA) is 49.6 Å². The molecule has 0 aromatic rings. The number of carbonyl (C=O) groups excluding carboxylic acids is 1. The van der Waals surface area contributed by atoms with Crippen molar-refractivity contribution in [1.82, 2.24) is 9.80 Å². The zero-order valence-corrected chi connectivity index (χ0v) is 13.0. The predicted molar refractivity (Wildman–Crippen MR) is 80.5 cm³/mol. The summed E-state index contributed by atoms with van der Waals surface area (Å²) in [6.07, 6.45) is 4.62. The van der Waals surface area contributed by atoms with Gasteiger partial charge in [0, 0.05) is 32.2 Å². The van der Waals surface area contributed by atoms with Gasteiger partial charge < -0.3 is 10.6 Å². The smallest absolute Gasteiger partial charge is 0.239 e. The second-order valence-corrected chi connectivity index (χ2v) is 5.99. The Morgan fingerprint density at radius 2 is 1.84 bits per heavy atom. The van der Waals surface area contributed by atoms with Crippen molar-refractivity contribution in [2.75, 3.05) is 26.2 Å². The van der Waals surface area contributed by atoms with Gasteiger partial charge in [-0.1, -0.05) is 6.92 Å². The van der Waals surface area contributed by atoms with Crippen LogP contribution in [0, 0.1) is 5.92 Å². The molecule has 3 unspecified atom stereocenters. The first kappa shape index (κ1) is 16.7. The largest absolute Gasteiger partial charge is 0.341 e. The fourth-order valence-corrected chi connectivity index (χ4v) is 3.08. The maximum Gasteiger partial charge on any atom is 0.239 e. The first-order valence-corrected chi connectivity index (χ1v) is 7.38. The van der Waals surface area contributed by atoms with Gasteiger partial charge >= 0.3 is 0 Å². The molecular formula is C14H28ClN3O. The van der Waals surface area contributed by atoms with Gasteiger partial charge in [0.1, 0.15) is 0 Å². The number of hydrogen-bond acceptors (Lipinski definition) is 3. The molecule has 112 valence electrons. The molecule has 1 amide bonds. The number of amides is 1. The summed E-state index contributed by atoms with van der Waals surface area (Å²) in [7, 11) is 0. The van der Waals surface area contributed by atoms with Crippen LogP contribution >= 0.6 is 12.4 Å². The van der Waals surface area contributed by atoms with E-state index in [0.717, 1.165) is 32.6 Å². The molecule has 2 N–H and O–H groups in total. The quantitative estimate of drug-likeness (QED) is 0.838. The SMILES string of the molecule is CC1CN(C(C)C(=O)N2CCCCC2)CCC1N.Cl. The lowest BCUT2D eigenvalue weighted by atomic mass is 9.93. The summed E-state index contributed by atoms with van der Waals surface area (Å²) in [5.74, 6) is 0.813. The maximum atomic E-state index is 12.4. The first-order valence-electron chi connectivity index (χ1n) is 7.38. The van der Waals surface area contributed by atoms with Crippen LogP contribution in [0.5, 0.6) is 0 Å². The summed E-state index contributed by atoms with van der Waals surface area (Å²) < 4.78 is 0. The third kappa shape index (κ3) is 4.07. The van der Waals surface area contributed by atoms with E-state index in [9.17, 15) is 4.79 Å². The minimum absolute atomic E-state index is 0. The molecule has 0 aromatic heterocycles. The average Bonchev–Trinajstić information content (AvgIpc) is 2.41. The molecule has 4 nitrogen and oxygen atoms in total. The molecule has 0 saturated carbocycles. The van der Waals surface area contributed by atoms with Gasteiger partial charge in [0.15, 0.2) is 0 Å². The highest BCUT2D eigenvalue weighted by atomic mass is 35.5. The highest BCUT2D eigenvalue weighted by molar-refractivity contribution is 5.85. The van der Waals surface area contributed by atoms with E-state index >= 15 is 0 Å². The zero-order chi connectivity index (χ0) is 13.1. The van der Waals surface area contributed by atoms with E-state index in [2.05, 4.69) is 18.7 Å². The lowest BCUT2D eigenvalue weighted by molar-refractivity contribution is -0.138. The third-order valence-electron chi connectivity index (χ3n) is 4.58. The van der Waals surface area contributed by atoms with E-state index in [1.165, 1.54) is 19.3 Å². The second-order valence-electron chi connectivity index (χ2n) is 5.99. The summed E-state index contributed by atoms with van der Waals surface area (Å²) in [4.78, 5) is 16.8. The minimum Gasteiger partial charge on any atom is -0.341 e. The number of piperidine rings is 2. The van der Waals surface area contributed by atoms with Gasteiger partial charge in [-0.15, -0.1) is 12.4 Å². The molecule has 0 spiro atoms. The van der Waals surface area contributed by atoms with E-state index in [-0.39, 0.29) is 18.4 Å². The van der Waals surface area contributed by atoms with Crippen LogP contribution in [0.15, 0.2) is 0 Å². The van der Waals surface area contributed by atoms with Crippen LogP contribution in [-0.2, 0) is 4.79 Å². The van der Waals surface area contributed by atoms with Crippen LogP contribution in [0.2, 0.25) is 0 Å². The molecule has 3 atom stereocenters. The second kappa shape index (κ2) is 7.46. The summed E-state index contributed by atoms with van der Waals surface area (Å²) in [6, 6.07) is 0.330. The van der Waals surface area contributed by atoms with Gasteiger partial charge in [-0.2, -0.15) is 0 Å². The number of likely N-dealkylation sites (tertiary alicyclic amines) is 2. The van der Waals surface area contributed by atoms with E-state index in [1.54, 1.807) is 0 Å². The van der Waals surface area contributed by atoms with Crippen molar-refractivity contribution in [3.63, 3.8) is 0 Å². The Labute approximate surface area is 123 Å². The van der Waals surface area contributed by atoms with Crippen molar-refractivity contribution >= 4 is 18.3 Å². The molecule has 2 fully saturated rings. The molecule has 2 rings (SSSR count). The van der Waals surface area contributed by atoms with E-state index in [4.69, 9.17) is 5.73 Å². The van der Waals surface area contributed by atoms with E-state index < -0.39 is 0 Å². The molecule has 2 heterocycles. The van der Waals surface area contributed by atoms with Crippen molar-refractivity contribution in [2.45, 2.75) is 51.6 Å². The van der Waals surface area contributed by atoms with Crippen molar-refractivity contribution < 1.29 is 4.79 Å². The number of hydrogen-bond donors (Lipinski definition) is 1. The molecule has 0 aliphatic carbocycles. The van der Waals surface area contributed by atoms with Gasteiger partial charge in [0.05, 0.1) is 6.04 Å². The molecule has 2 aliphatic heterocycles. The molecule has 0 radical (unpaired) electrons. The van der Waals surface area contributed by atoms with E-state index in [1.807, 2.05) is 4.90 Å². The average molecular weight is 290 g/mol. The Morgan fingerprint density at radius 3 is 2.42 bits per heavy atom. The standard InChI is InChI=1S/C14H27N3O.ClH/c1-11-10-17(9-6-13(11)15)12(2)14(18)16-7-4-3-5-8-16;/h11-13H,3-10,15H2,1-2H3;1H. The van der Waals surface area contributed by atoms with Gasteiger partial charge in [0.2, 0.25) is 5.91 Å². The Bertz CT molecular complexity index is 294. The van der Waals surface area contributed by atoms with Gasteiger partial charge in [-0.3, -0.25) is 9.69 Å². The third-order valence-corrected chi connectivity index (χ3v) is 4.58. The van der Waals surface area contributed by atoms with E-state index in [0.29, 0.717) is 17.9 Å². The van der Waals surface area contributed by atoms with Crippen LogP contribution < -0.4 is 5.73 Å². The molecule has 19 heavy (non-hydrogen) atoms. The Hall–Kier alpha value is -0.320. The van der Waals surface area contributed by atoms with Crippen molar-refractivity contribution in [2.24, 2.45) is 11.7 Å². The normalized spacial score (nSPS) is 30.6. The first-order chi connectivity index (χ1) is 8.59. The molecule has 0 bridgehead atoms. The predicted octanol–water partition coefficient (Wildman–Crippen LogP) is 1.48. The molecule has 0 aromatic carbocycles. The van der Waals surface area contributed by atoms with Gasteiger partial charge in [-0.05, 0) is 38.5 Å². The van der Waals surface area contributed by atoms with Gasteiger partial charge in [-0.25, -0.2) is 0 Å². The maximum absolute atomic E-state index is 12.4. The fourth-order valence-electron chi connectivity index (χ4n) is 3.08.